The summed E-state index contributed by atoms with van der Waals surface area (Å²) in [6.45, 7) is 5.29. The predicted octanol–water partition coefficient (Wildman–Crippen LogP) is 1.34. The predicted molar refractivity (Wildman–Crippen MR) is 108 cm³/mol. The van der Waals surface area contributed by atoms with Crippen molar-refractivity contribution in [2.24, 2.45) is 11.3 Å². The van der Waals surface area contributed by atoms with E-state index in [1.807, 2.05) is 19.2 Å². The molecule has 1 aliphatic carbocycles. The van der Waals surface area contributed by atoms with Crippen molar-refractivity contribution in [3.8, 4) is 0 Å². The Balaban J connectivity index is 1.46. The molecule has 3 aliphatic rings. The van der Waals surface area contributed by atoms with Gasteiger partial charge in [-0.05, 0) is 42.2 Å². The molecule has 0 aromatic carbocycles. The first-order valence-corrected chi connectivity index (χ1v) is 11.7. The molecule has 0 amide bonds. The summed E-state index contributed by atoms with van der Waals surface area (Å²) in [6, 6.07) is 1.98. The van der Waals surface area contributed by atoms with Gasteiger partial charge in [-0.15, -0.1) is 0 Å². The van der Waals surface area contributed by atoms with Crippen LogP contribution in [0.5, 0.6) is 0 Å². The summed E-state index contributed by atoms with van der Waals surface area (Å²) >= 11 is 0. The van der Waals surface area contributed by atoms with Gasteiger partial charge in [0.1, 0.15) is 5.65 Å². The van der Waals surface area contributed by atoms with E-state index in [4.69, 9.17) is 4.65 Å². The van der Waals surface area contributed by atoms with Crippen molar-refractivity contribution in [2.75, 3.05) is 18.8 Å². The van der Waals surface area contributed by atoms with E-state index in [0.29, 0.717) is 19.5 Å². The number of unbranched alkanes of at least 4 members (excludes halogenated alkanes) is 1. The molecule has 2 aromatic heterocycles. The van der Waals surface area contributed by atoms with Crippen LogP contribution in [0.3, 0.4) is 0 Å². The third-order valence-corrected chi connectivity index (χ3v) is 9.26. The number of nitrogens with one attached hydrogen (secondary N) is 1. The maximum Gasteiger partial charge on any atom is 0.493 e. The third-order valence-electron chi connectivity index (χ3n) is 7.36. The van der Waals surface area contributed by atoms with Crippen molar-refractivity contribution in [2.45, 2.75) is 45.1 Å². The number of nitrogens with zero attached hydrogens (tertiary/aromatic N) is 2. The number of rotatable bonds is 4. The van der Waals surface area contributed by atoms with Crippen LogP contribution in [0, 0.1) is 11.3 Å². The molecule has 1 saturated heterocycles. The van der Waals surface area contributed by atoms with Gasteiger partial charge in [0.25, 0.3) is 0 Å². The molecule has 28 heavy (non-hydrogen) atoms. The minimum Gasteiger partial charge on any atom is -0.423 e. The number of pyridine rings is 1. The summed E-state index contributed by atoms with van der Waals surface area (Å²) in [6.07, 6.45) is 6.70. The molecule has 2 spiro atoms. The van der Waals surface area contributed by atoms with E-state index in [-0.39, 0.29) is 17.1 Å². The fourth-order valence-corrected chi connectivity index (χ4v) is 7.43. The van der Waals surface area contributed by atoms with Gasteiger partial charge in [-0.25, -0.2) is 17.7 Å². The minimum absolute atomic E-state index is 0.0908. The van der Waals surface area contributed by atoms with Crippen molar-refractivity contribution in [3.05, 3.63) is 24.0 Å². The Hall–Kier alpha value is -1.42. The standard InChI is InChI=1S/C19H26BN3O4S/c1-3-4-9-28(25,26)23-8-6-18(12-23)11-19(13(18)2)16-14-5-7-21-17(14)22-10-15(16)20(24)27-19/h5,7,10,13,24H,3-4,6,8-9,11-12H2,1-2H3,(H,21,22). The van der Waals surface area contributed by atoms with Crippen molar-refractivity contribution in [3.63, 3.8) is 0 Å². The highest BCUT2D eigenvalue weighted by molar-refractivity contribution is 7.89. The summed E-state index contributed by atoms with van der Waals surface area (Å²) < 4.78 is 33.2. The van der Waals surface area contributed by atoms with E-state index in [9.17, 15) is 13.4 Å². The lowest BCUT2D eigenvalue weighted by atomic mass is 9.49. The fraction of sp³-hybridized carbons (Fsp3) is 0.632. The normalized spacial score (nSPS) is 32.5. The van der Waals surface area contributed by atoms with Gasteiger partial charge in [-0.1, -0.05) is 20.3 Å². The van der Waals surface area contributed by atoms with Gasteiger partial charge in [-0.3, -0.25) is 0 Å². The molecule has 3 unspecified atom stereocenters. The van der Waals surface area contributed by atoms with E-state index < -0.39 is 22.7 Å². The second-order valence-electron chi connectivity index (χ2n) is 8.70. The first kappa shape index (κ1) is 18.6. The van der Waals surface area contributed by atoms with Crippen LogP contribution in [0.1, 0.15) is 45.1 Å². The van der Waals surface area contributed by atoms with Crippen molar-refractivity contribution >= 4 is 33.6 Å². The zero-order valence-corrected chi connectivity index (χ0v) is 17.1. The quantitative estimate of drug-likeness (QED) is 0.752. The Morgan fingerprint density at radius 2 is 2.32 bits per heavy atom. The van der Waals surface area contributed by atoms with Gasteiger partial charge >= 0.3 is 7.12 Å². The lowest BCUT2D eigenvalue weighted by Gasteiger charge is -2.59. The van der Waals surface area contributed by atoms with E-state index in [2.05, 4.69) is 16.9 Å². The Bertz CT molecular complexity index is 1040. The van der Waals surface area contributed by atoms with Gasteiger partial charge in [0.2, 0.25) is 10.0 Å². The molecule has 0 radical (unpaired) electrons. The summed E-state index contributed by atoms with van der Waals surface area (Å²) in [5.41, 5.74) is 1.89. The van der Waals surface area contributed by atoms with Crippen LogP contribution in [0.15, 0.2) is 18.5 Å². The molecule has 3 atom stereocenters. The Morgan fingerprint density at radius 1 is 1.50 bits per heavy atom. The second-order valence-corrected chi connectivity index (χ2v) is 10.8. The molecule has 1 saturated carbocycles. The van der Waals surface area contributed by atoms with Gasteiger partial charge in [0.05, 0.1) is 11.4 Å². The highest BCUT2D eigenvalue weighted by Crippen LogP contribution is 2.66. The molecule has 9 heteroatoms. The Labute approximate surface area is 165 Å². The monoisotopic (exact) mass is 403 g/mol. The molecule has 5 rings (SSSR count). The number of aromatic nitrogens is 2. The SMILES string of the molecule is CCCCS(=O)(=O)N1CCC2(C1)CC1(OB(O)c3cnc4[nH]ccc4c31)C2C. The number of hydrogen-bond acceptors (Lipinski definition) is 5. The molecule has 2 aliphatic heterocycles. The number of sulfonamides is 1. The largest absolute Gasteiger partial charge is 0.493 e. The summed E-state index contributed by atoms with van der Waals surface area (Å²) in [4.78, 5) is 7.53. The maximum absolute atomic E-state index is 12.7. The highest BCUT2D eigenvalue weighted by atomic mass is 32.2. The summed E-state index contributed by atoms with van der Waals surface area (Å²) in [7, 11) is -4.18. The van der Waals surface area contributed by atoms with E-state index in [0.717, 1.165) is 41.3 Å². The number of aromatic amines is 1. The number of fused-ring (bicyclic) bond motifs is 4. The van der Waals surface area contributed by atoms with Gasteiger partial charge in [-0.2, -0.15) is 0 Å². The molecular formula is C19H26BN3O4S. The molecule has 4 heterocycles. The topological polar surface area (TPSA) is 95.5 Å². The molecular weight excluding hydrogens is 377 g/mol. The summed E-state index contributed by atoms with van der Waals surface area (Å²) in [5, 5.41) is 11.5. The smallest absolute Gasteiger partial charge is 0.423 e. The molecule has 2 fully saturated rings. The van der Waals surface area contributed by atoms with Crippen LogP contribution in [0.2, 0.25) is 0 Å². The van der Waals surface area contributed by atoms with Crippen LogP contribution >= 0.6 is 0 Å². The van der Waals surface area contributed by atoms with Crippen LogP contribution < -0.4 is 5.46 Å². The number of H-pyrrole nitrogens is 1. The molecule has 7 nitrogen and oxygen atoms in total. The second kappa shape index (κ2) is 6.04. The van der Waals surface area contributed by atoms with Gasteiger partial charge in [0, 0.05) is 36.3 Å². The molecule has 2 N–H and O–H groups in total. The maximum atomic E-state index is 12.7. The summed E-state index contributed by atoms with van der Waals surface area (Å²) in [5.74, 6) is 0.343. The van der Waals surface area contributed by atoms with Crippen LogP contribution in [0.4, 0.5) is 0 Å². The van der Waals surface area contributed by atoms with Crippen molar-refractivity contribution in [1.82, 2.24) is 14.3 Å². The minimum atomic E-state index is -3.20. The van der Waals surface area contributed by atoms with E-state index >= 15 is 0 Å². The molecule has 2 aromatic rings. The number of hydrogen-bond donors (Lipinski definition) is 2. The van der Waals surface area contributed by atoms with Crippen LogP contribution in [-0.2, 0) is 20.3 Å². The lowest BCUT2D eigenvalue weighted by Crippen LogP contribution is -2.60. The average Bonchev–Trinajstić information content (AvgIpc) is 3.38. The first-order chi connectivity index (χ1) is 13.3. The van der Waals surface area contributed by atoms with Crippen LogP contribution in [0.25, 0.3) is 11.0 Å². The fourth-order valence-electron chi connectivity index (χ4n) is 5.69. The zero-order chi connectivity index (χ0) is 19.7. The van der Waals surface area contributed by atoms with Crippen molar-refractivity contribution < 1.29 is 18.1 Å². The molecule has 0 bridgehead atoms. The highest BCUT2D eigenvalue weighted by Gasteiger charge is 2.69. The Kier molecular flexibility index (Phi) is 4.02. The Morgan fingerprint density at radius 3 is 3.07 bits per heavy atom. The van der Waals surface area contributed by atoms with Gasteiger partial charge in [0.15, 0.2) is 0 Å². The zero-order valence-electron chi connectivity index (χ0n) is 16.3. The molecule has 150 valence electrons. The van der Waals surface area contributed by atoms with Gasteiger partial charge < -0.3 is 14.7 Å². The van der Waals surface area contributed by atoms with Crippen molar-refractivity contribution in [1.29, 1.82) is 0 Å². The third kappa shape index (κ3) is 2.33. The lowest BCUT2D eigenvalue weighted by molar-refractivity contribution is -0.170. The first-order valence-electron chi connectivity index (χ1n) is 10.1. The van der Waals surface area contributed by atoms with E-state index in [1.54, 1.807) is 10.5 Å². The average molecular weight is 403 g/mol. The van der Waals surface area contributed by atoms with Crippen LogP contribution in [-0.4, -0.2) is 53.7 Å². The van der Waals surface area contributed by atoms with E-state index in [1.165, 1.54) is 0 Å².